The molecule has 0 fully saturated rings. The molecule has 0 aliphatic carbocycles. The van der Waals surface area contributed by atoms with Gasteiger partial charge in [-0.1, -0.05) is 48.0 Å². The fraction of sp³-hybridized carbons (Fsp3) is 0.182. The van der Waals surface area contributed by atoms with Crippen LogP contribution in [0.1, 0.15) is 11.1 Å². The summed E-state index contributed by atoms with van der Waals surface area (Å²) >= 11 is 0. The van der Waals surface area contributed by atoms with Crippen molar-refractivity contribution >= 4 is 17.6 Å². The molecule has 0 aliphatic rings. The molecule has 0 radical (unpaired) electrons. The highest BCUT2D eigenvalue weighted by atomic mass is 16.5. The second-order valence-electron chi connectivity index (χ2n) is 6.71. The van der Waals surface area contributed by atoms with Gasteiger partial charge >= 0.3 is 11.7 Å². The molecule has 2 aromatic carbocycles. The largest absolute Gasteiger partial charge is 0.454 e. The predicted molar refractivity (Wildman–Crippen MR) is 111 cm³/mol. The highest BCUT2D eigenvalue weighted by molar-refractivity contribution is 5.92. The predicted octanol–water partition coefficient (Wildman–Crippen LogP) is 1.55. The first kappa shape index (κ1) is 20.8. The summed E-state index contributed by atoms with van der Waals surface area (Å²) in [5.41, 5.74) is 1.24. The van der Waals surface area contributed by atoms with E-state index in [0.717, 1.165) is 15.7 Å². The zero-order chi connectivity index (χ0) is 21.5. The van der Waals surface area contributed by atoms with Crippen LogP contribution in [0.15, 0.2) is 76.4 Å². The van der Waals surface area contributed by atoms with Crippen molar-refractivity contribution < 1.29 is 14.3 Å². The minimum Gasteiger partial charge on any atom is -0.454 e. The first-order valence-electron chi connectivity index (χ1n) is 9.29. The zero-order valence-corrected chi connectivity index (χ0v) is 16.4. The van der Waals surface area contributed by atoms with Crippen LogP contribution < -0.4 is 16.6 Å². The molecule has 0 atom stereocenters. The van der Waals surface area contributed by atoms with Crippen molar-refractivity contribution in [3.63, 3.8) is 0 Å². The van der Waals surface area contributed by atoms with Crippen molar-refractivity contribution in [2.75, 3.05) is 11.9 Å². The van der Waals surface area contributed by atoms with Crippen molar-refractivity contribution in [1.82, 2.24) is 9.13 Å². The van der Waals surface area contributed by atoms with Crippen LogP contribution in [0.25, 0.3) is 0 Å². The van der Waals surface area contributed by atoms with E-state index in [2.05, 4.69) is 5.32 Å². The molecular weight excluding hydrogens is 386 g/mol. The van der Waals surface area contributed by atoms with Crippen LogP contribution in [0.4, 0.5) is 5.69 Å². The Morgan fingerprint density at radius 1 is 0.967 bits per heavy atom. The Kier molecular flexibility index (Phi) is 6.59. The number of ether oxygens (including phenoxy) is 1. The molecule has 0 spiro atoms. The normalized spacial score (nSPS) is 10.4. The molecule has 3 rings (SSSR count). The van der Waals surface area contributed by atoms with Crippen molar-refractivity contribution in [3.8, 4) is 0 Å². The SMILES string of the molecule is Cc1ccc(NC(=O)COC(=O)Cn2c(=O)ccn(Cc3ccccc3)c2=O)cc1. The van der Waals surface area contributed by atoms with E-state index in [1.165, 1.54) is 16.8 Å². The van der Waals surface area contributed by atoms with Crippen LogP contribution in [0, 0.1) is 6.92 Å². The molecule has 1 aromatic heterocycles. The molecule has 8 nitrogen and oxygen atoms in total. The second kappa shape index (κ2) is 9.51. The van der Waals surface area contributed by atoms with Gasteiger partial charge in [0.25, 0.3) is 11.5 Å². The molecule has 0 aliphatic heterocycles. The Labute approximate surface area is 172 Å². The summed E-state index contributed by atoms with van der Waals surface area (Å²) in [6.45, 7) is 1.08. The quantitative estimate of drug-likeness (QED) is 0.599. The molecule has 0 saturated heterocycles. The van der Waals surface area contributed by atoms with E-state index in [9.17, 15) is 19.2 Å². The zero-order valence-electron chi connectivity index (χ0n) is 16.4. The van der Waals surface area contributed by atoms with Crippen LogP contribution in [0.2, 0.25) is 0 Å². The summed E-state index contributed by atoms with van der Waals surface area (Å²) in [5.74, 6) is -1.38. The van der Waals surface area contributed by atoms with Gasteiger partial charge in [-0.2, -0.15) is 0 Å². The van der Waals surface area contributed by atoms with Crippen molar-refractivity contribution in [2.45, 2.75) is 20.0 Å². The Hall–Kier alpha value is -3.94. The fourth-order valence-electron chi connectivity index (χ4n) is 2.76. The van der Waals surface area contributed by atoms with Crippen LogP contribution in [0.3, 0.4) is 0 Å². The second-order valence-corrected chi connectivity index (χ2v) is 6.71. The third-order valence-corrected chi connectivity index (χ3v) is 4.32. The lowest BCUT2D eigenvalue weighted by atomic mass is 10.2. The summed E-state index contributed by atoms with van der Waals surface area (Å²) in [7, 11) is 0. The Morgan fingerprint density at radius 2 is 1.67 bits per heavy atom. The lowest BCUT2D eigenvalue weighted by molar-refractivity contribution is -0.148. The molecule has 8 heteroatoms. The summed E-state index contributed by atoms with van der Waals surface area (Å²) < 4.78 is 7.02. The summed E-state index contributed by atoms with van der Waals surface area (Å²) in [6, 6.07) is 17.6. The minimum absolute atomic E-state index is 0.258. The molecule has 1 heterocycles. The number of benzene rings is 2. The lowest BCUT2D eigenvalue weighted by Crippen LogP contribution is -2.41. The van der Waals surface area contributed by atoms with Crippen LogP contribution in [0.5, 0.6) is 0 Å². The Morgan fingerprint density at radius 3 is 2.37 bits per heavy atom. The third kappa shape index (κ3) is 5.54. The number of carbonyl (C=O) groups excluding carboxylic acids is 2. The maximum atomic E-state index is 12.6. The number of rotatable bonds is 7. The first-order valence-corrected chi connectivity index (χ1v) is 9.29. The van der Waals surface area contributed by atoms with Gasteiger partial charge in [-0.25, -0.2) is 9.36 Å². The van der Waals surface area contributed by atoms with E-state index < -0.39 is 36.3 Å². The number of anilines is 1. The maximum Gasteiger partial charge on any atom is 0.331 e. The van der Waals surface area contributed by atoms with Crippen LogP contribution in [-0.2, 0) is 27.4 Å². The first-order chi connectivity index (χ1) is 14.4. The van der Waals surface area contributed by atoms with E-state index in [4.69, 9.17) is 4.74 Å². The van der Waals surface area contributed by atoms with Crippen LogP contribution >= 0.6 is 0 Å². The molecule has 1 amide bonds. The molecule has 0 bridgehead atoms. The molecule has 0 saturated carbocycles. The van der Waals surface area contributed by atoms with Gasteiger partial charge in [0, 0.05) is 18.0 Å². The van der Waals surface area contributed by atoms with Crippen molar-refractivity contribution in [2.24, 2.45) is 0 Å². The number of esters is 1. The number of hydrogen-bond donors (Lipinski definition) is 1. The molecule has 3 aromatic rings. The summed E-state index contributed by atoms with van der Waals surface area (Å²) in [5, 5.41) is 2.60. The van der Waals surface area contributed by atoms with Gasteiger partial charge in [0.2, 0.25) is 0 Å². The van der Waals surface area contributed by atoms with Crippen molar-refractivity contribution in [3.05, 3.63) is 98.8 Å². The van der Waals surface area contributed by atoms with Crippen LogP contribution in [-0.4, -0.2) is 27.6 Å². The smallest absolute Gasteiger partial charge is 0.331 e. The third-order valence-electron chi connectivity index (χ3n) is 4.32. The number of nitrogens with zero attached hydrogens (tertiary/aromatic N) is 2. The van der Waals surface area contributed by atoms with Gasteiger partial charge in [0.05, 0.1) is 6.54 Å². The van der Waals surface area contributed by atoms with E-state index in [0.29, 0.717) is 5.69 Å². The fourth-order valence-corrected chi connectivity index (χ4v) is 2.76. The number of hydrogen-bond acceptors (Lipinski definition) is 5. The number of nitrogens with one attached hydrogen (secondary N) is 1. The molecule has 1 N–H and O–H groups in total. The number of aromatic nitrogens is 2. The van der Waals surface area contributed by atoms with Gasteiger partial charge in [-0.05, 0) is 24.6 Å². The summed E-state index contributed by atoms with van der Waals surface area (Å²) in [4.78, 5) is 48.6. The average molecular weight is 407 g/mol. The van der Waals surface area contributed by atoms with E-state index >= 15 is 0 Å². The summed E-state index contributed by atoms with van der Waals surface area (Å²) in [6.07, 6.45) is 1.38. The van der Waals surface area contributed by atoms with E-state index in [-0.39, 0.29) is 6.54 Å². The highest BCUT2D eigenvalue weighted by Gasteiger charge is 2.13. The number of carbonyl (C=O) groups is 2. The topological polar surface area (TPSA) is 99.4 Å². The Balaban J connectivity index is 1.61. The average Bonchev–Trinajstić information content (AvgIpc) is 2.74. The number of aryl methyl sites for hydroxylation is 1. The number of amides is 1. The lowest BCUT2D eigenvalue weighted by Gasteiger charge is -2.10. The van der Waals surface area contributed by atoms with E-state index in [1.54, 1.807) is 12.1 Å². The monoisotopic (exact) mass is 407 g/mol. The highest BCUT2D eigenvalue weighted by Crippen LogP contribution is 2.08. The maximum absolute atomic E-state index is 12.6. The van der Waals surface area contributed by atoms with E-state index in [1.807, 2.05) is 49.4 Å². The Bertz CT molecular complexity index is 1150. The molecule has 154 valence electrons. The molecule has 30 heavy (non-hydrogen) atoms. The standard InChI is InChI=1S/C22H21N3O5/c1-16-7-9-18(10-8-16)23-19(26)15-30-21(28)14-25-20(27)11-12-24(22(25)29)13-17-5-3-2-4-6-17/h2-12H,13-15H2,1H3,(H,23,26). The molecule has 0 unspecified atom stereocenters. The minimum atomic E-state index is -0.856. The van der Waals surface area contributed by atoms with Gasteiger partial charge in [-0.3, -0.25) is 19.0 Å². The van der Waals surface area contributed by atoms with Gasteiger partial charge < -0.3 is 10.1 Å². The van der Waals surface area contributed by atoms with Gasteiger partial charge in [0.15, 0.2) is 6.61 Å². The van der Waals surface area contributed by atoms with Gasteiger partial charge in [0.1, 0.15) is 6.54 Å². The van der Waals surface area contributed by atoms with Crippen molar-refractivity contribution in [1.29, 1.82) is 0 Å². The molecular formula is C22H21N3O5. The van der Waals surface area contributed by atoms with Gasteiger partial charge in [-0.15, -0.1) is 0 Å².